The van der Waals surface area contributed by atoms with Crippen molar-refractivity contribution in [2.75, 3.05) is 0 Å². The molecule has 1 aromatic carbocycles. The van der Waals surface area contributed by atoms with Crippen molar-refractivity contribution in [1.82, 2.24) is 5.16 Å². The molecule has 0 aliphatic heterocycles. The predicted molar refractivity (Wildman–Crippen MR) is 72.3 cm³/mol. The van der Waals surface area contributed by atoms with Crippen LogP contribution in [0.1, 0.15) is 29.0 Å². The molecule has 3 rings (SSSR count). The van der Waals surface area contributed by atoms with E-state index in [2.05, 4.69) is 5.16 Å². The molecule has 1 aliphatic carbocycles. The van der Waals surface area contributed by atoms with Crippen LogP contribution in [0.25, 0.3) is 0 Å². The molecule has 0 saturated heterocycles. The second-order valence-corrected chi connectivity index (χ2v) is 6.46. The van der Waals surface area contributed by atoms with Gasteiger partial charge in [0.2, 0.25) is 0 Å². The molecule has 20 heavy (non-hydrogen) atoms. The van der Waals surface area contributed by atoms with E-state index < -0.39 is 10.1 Å². The number of rotatable bonds is 3. The van der Waals surface area contributed by atoms with E-state index in [9.17, 15) is 8.42 Å². The van der Waals surface area contributed by atoms with Gasteiger partial charge in [-0.3, -0.25) is 0 Å². The standard InChI is InChI=1S/C14H15NO4S/c1-9-14(10(2)18-15-9)20(16,17)19-13-7-6-11-4-3-5-12(11)8-13/h6-8H,3-5H2,1-2H3. The van der Waals surface area contributed by atoms with Crippen LogP contribution < -0.4 is 4.18 Å². The first kappa shape index (κ1) is 13.2. The summed E-state index contributed by atoms with van der Waals surface area (Å²) in [5.74, 6) is 0.578. The van der Waals surface area contributed by atoms with Gasteiger partial charge in [0.25, 0.3) is 0 Å². The fourth-order valence-electron chi connectivity index (χ4n) is 2.60. The average molecular weight is 293 g/mol. The summed E-state index contributed by atoms with van der Waals surface area (Å²) in [6.07, 6.45) is 3.12. The van der Waals surface area contributed by atoms with Crippen molar-refractivity contribution in [2.45, 2.75) is 38.0 Å². The zero-order valence-electron chi connectivity index (χ0n) is 11.3. The Labute approximate surface area is 117 Å². The summed E-state index contributed by atoms with van der Waals surface area (Å²) >= 11 is 0. The summed E-state index contributed by atoms with van der Waals surface area (Å²) in [5, 5.41) is 3.65. The molecular weight excluding hydrogens is 278 g/mol. The van der Waals surface area contributed by atoms with Gasteiger partial charge in [-0.1, -0.05) is 11.2 Å². The Morgan fingerprint density at radius 1 is 1.20 bits per heavy atom. The normalized spacial score (nSPS) is 14.3. The third kappa shape index (κ3) is 2.20. The second kappa shape index (κ2) is 4.63. The molecule has 106 valence electrons. The highest BCUT2D eigenvalue weighted by atomic mass is 32.2. The first-order valence-corrected chi connectivity index (χ1v) is 7.87. The number of fused-ring (bicyclic) bond motifs is 1. The van der Waals surface area contributed by atoms with Crippen molar-refractivity contribution < 1.29 is 17.1 Å². The van der Waals surface area contributed by atoms with Gasteiger partial charge in [0.1, 0.15) is 11.4 Å². The highest BCUT2D eigenvalue weighted by Crippen LogP contribution is 2.29. The molecule has 0 radical (unpaired) electrons. The second-order valence-electron chi connectivity index (χ2n) is 4.97. The Morgan fingerprint density at radius 2 is 1.95 bits per heavy atom. The summed E-state index contributed by atoms with van der Waals surface area (Å²) in [6, 6.07) is 5.43. The molecule has 0 N–H and O–H groups in total. The number of aryl methyl sites for hydroxylation is 4. The maximum Gasteiger partial charge on any atom is 0.344 e. The first-order chi connectivity index (χ1) is 9.47. The minimum Gasteiger partial charge on any atom is -0.379 e. The van der Waals surface area contributed by atoms with E-state index in [0.717, 1.165) is 24.8 Å². The van der Waals surface area contributed by atoms with Crippen LogP contribution >= 0.6 is 0 Å². The molecule has 0 bridgehead atoms. The highest BCUT2D eigenvalue weighted by molar-refractivity contribution is 7.87. The molecular formula is C14H15NO4S. The van der Waals surface area contributed by atoms with Gasteiger partial charge < -0.3 is 8.71 Å². The molecule has 0 saturated carbocycles. The number of aromatic nitrogens is 1. The molecule has 0 spiro atoms. The van der Waals surface area contributed by atoms with E-state index in [4.69, 9.17) is 8.71 Å². The lowest BCUT2D eigenvalue weighted by molar-refractivity contribution is 0.390. The van der Waals surface area contributed by atoms with Crippen LogP contribution in [0.3, 0.4) is 0 Å². The van der Waals surface area contributed by atoms with Crippen LogP contribution in [0.15, 0.2) is 27.6 Å². The maximum atomic E-state index is 12.3. The van der Waals surface area contributed by atoms with Gasteiger partial charge in [0, 0.05) is 0 Å². The quantitative estimate of drug-likeness (QED) is 0.813. The van der Waals surface area contributed by atoms with Gasteiger partial charge in [-0.2, -0.15) is 8.42 Å². The Kier molecular flexibility index (Phi) is 3.05. The molecule has 5 nitrogen and oxygen atoms in total. The minimum atomic E-state index is -3.91. The SMILES string of the molecule is Cc1noc(C)c1S(=O)(=O)Oc1ccc2c(c1)CCC2. The lowest BCUT2D eigenvalue weighted by Crippen LogP contribution is -2.11. The van der Waals surface area contributed by atoms with Gasteiger partial charge in [-0.25, -0.2) is 0 Å². The Morgan fingerprint density at radius 3 is 2.65 bits per heavy atom. The zero-order chi connectivity index (χ0) is 14.3. The van der Waals surface area contributed by atoms with Crippen LogP contribution in [-0.2, 0) is 23.0 Å². The van der Waals surface area contributed by atoms with Crippen LogP contribution in [0, 0.1) is 13.8 Å². The van der Waals surface area contributed by atoms with Crippen molar-refractivity contribution in [3.8, 4) is 5.75 Å². The largest absolute Gasteiger partial charge is 0.379 e. The average Bonchev–Trinajstić information content (AvgIpc) is 2.95. The van der Waals surface area contributed by atoms with E-state index >= 15 is 0 Å². The monoisotopic (exact) mass is 293 g/mol. The summed E-state index contributed by atoms with van der Waals surface area (Å²) in [4.78, 5) is 0.0120. The molecule has 1 aliphatic rings. The molecule has 6 heteroatoms. The van der Waals surface area contributed by atoms with E-state index in [1.165, 1.54) is 5.56 Å². The smallest absolute Gasteiger partial charge is 0.344 e. The topological polar surface area (TPSA) is 69.4 Å². The fraction of sp³-hybridized carbons (Fsp3) is 0.357. The summed E-state index contributed by atoms with van der Waals surface area (Å²) in [7, 11) is -3.91. The van der Waals surface area contributed by atoms with Crippen molar-refractivity contribution in [2.24, 2.45) is 0 Å². The third-order valence-electron chi connectivity index (χ3n) is 3.49. The van der Waals surface area contributed by atoms with Crippen LogP contribution in [-0.4, -0.2) is 13.6 Å². The van der Waals surface area contributed by atoms with Crippen LogP contribution in [0.5, 0.6) is 5.75 Å². The van der Waals surface area contributed by atoms with E-state index in [-0.39, 0.29) is 10.7 Å². The molecule has 0 unspecified atom stereocenters. The van der Waals surface area contributed by atoms with E-state index in [1.54, 1.807) is 26.0 Å². The molecule has 0 atom stereocenters. The zero-order valence-corrected chi connectivity index (χ0v) is 12.2. The number of hydrogen-bond acceptors (Lipinski definition) is 5. The molecule has 0 fully saturated rings. The molecule has 1 aromatic heterocycles. The van der Waals surface area contributed by atoms with E-state index in [1.807, 2.05) is 6.07 Å². The minimum absolute atomic E-state index is 0.0120. The lowest BCUT2D eigenvalue weighted by Gasteiger charge is -2.08. The first-order valence-electron chi connectivity index (χ1n) is 6.46. The van der Waals surface area contributed by atoms with Crippen molar-refractivity contribution in [3.05, 3.63) is 40.8 Å². The maximum absolute atomic E-state index is 12.3. The third-order valence-corrected chi connectivity index (χ3v) is 4.99. The summed E-state index contributed by atoms with van der Waals surface area (Å²) in [6.45, 7) is 3.13. The summed E-state index contributed by atoms with van der Waals surface area (Å²) in [5.41, 5.74) is 2.74. The van der Waals surface area contributed by atoms with Gasteiger partial charge in [0.15, 0.2) is 10.7 Å². The Balaban J connectivity index is 1.94. The number of nitrogens with zero attached hydrogens (tertiary/aromatic N) is 1. The fourth-order valence-corrected chi connectivity index (χ4v) is 3.83. The van der Waals surface area contributed by atoms with Gasteiger partial charge >= 0.3 is 10.1 Å². The van der Waals surface area contributed by atoms with Crippen molar-refractivity contribution in [3.63, 3.8) is 0 Å². The van der Waals surface area contributed by atoms with Gasteiger partial charge in [0.05, 0.1) is 0 Å². The Hall–Kier alpha value is -1.82. The van der Waals surface area contributed by atoms with E-state index in [0.29, 0.717) is 11.4 Å². The van der Waals surface area contributed by atoms with Gasteiger partial charge in [-0.05, 0) is 56.4 Å². The summed E-state index contributed by atoms with van der Waals surface area (Å²) < 4.78 is 34.7. The van der Waals surface area contributed by atoms with Crippen LogP contribution in [0.4, 0.5) is 0 Å². The molecule has 1 heterocycles. The van der Waals surface area contributed by atoms with Gasteiger partial charge in [-0.15, -0.1) is 0 Å². The van der Waals surface area contributed by atoms with Crippen molar-refractivity contribution in [1.29, 1.82) is 0 Å². The highest BCUT2D eigenvalue weighted by Gasteiger charge is 2.26. The number of benzene rings is 1. The lowest BCUT2D eigenvalue weighted by atomic mass is 10.1. The predicted octanol–water partition coefficient (Wildman–Crippen LogP) is 2.55. The Bertz CT molecular complexity index is 742. The molecule has 0 amide bonds. The van der Waals surface area contributed by atoms with Crippen LogP contribution in [0.2, 0.25) is 0 Å². The molecule has 2 aromatic rings. The van der Waals surface area contributed by atoms with Crippen molar-refractivity contribution >= 4 is 10.1 Å². The number of hydrogen-bond donors (Lipinski definition) is 0.